The van der Waals surface area contributed by atoms with E-state index in [1.165, 1.54) is 22.7 Å². The quantitative estimate of drug-likeness (QED) is 0.456. The molecule has 9 heteroatoms. The molecule has 3 N–H and O–H groups in total. The molecular weight excluding hydrogens is 406 g/mol. The number of fused-ring (bicyclic) bond motifs is 1. The van der Waals surface area contributed by atoms with Gasteiger partial charge in [-0.25, -0.2) is 4.98 Å². The van der Waals surface area contributed by atoms with Gasteiger partial charge in [0.2, 0.25) is 11.0 Å². The Hall–Kier alpha value is -3.04. The number of benzene rings is 2. The van der Waals surface area contributed by atoms with E-state index >= 15 is 0 Å². The van der Waals surface area contributed by atoms with Crippen LogP contribution < -0.4 is 15.8 Å². The highest BCUT2D eigenvalue weighted by atomic mass is 32.1. The first-order valence-electron chi connectivity index (χ1n) is 9.13. The van der Waals surface area contributed by atoms with Crippen LogP contribution in [0.25, 0.3) is 20.8 Å². The van der Waals surface area contributed by atoms with Gasteiger partial charge in [-0.15, -0.1) is 10.2 Å². The molecule has 0 unspecified atom stereocenters. The largest absolute Gasteiger partial charge is 0.493 e. The highest BCUT2D eigenvalue weighted by molar-refractivity contribution is 7.22. The smallest absolute Gasteiger partial charge is 0.230 e. The number of aromatic nitrogens is 3. The van der Waals surface area contributed by atoms with Gasteiger partial charge in [0.1, 0.15) is 5.75 Å². The number of rotatable bonds is 7. The van der Waals surface area contributed by atoms with Gasteiger partial charge in [-0.05, 0) is 36.2 Å². The average Bonchev–Trinajstić information content (AvgIpc) is 3.31. The predicted octanol–water partition coefficient (Wildman–Crippen LogP) is 4.37. The average molecular weight is 426 g/mol. The summed E-state index contributed by atoms with van der Waals surface area (Å²) < 4.78 is 6.75. The lowest BCUT2D eigenvalue weighted by Crippen LogP contribution is -2.14. The van der Waals surface area contributed by atoms with Crippen LogP contribution in [0.3, 0.4) is 0 Å². The van der Waals surface area contributed by atoms with Gasteiger partial charge in [0, 0.05) is 0 Å². The van der Waals surface area contributed by atoms with Crippen molar-refractivity contribution in [2.45, 2.75) is 19.8 Å². The summed E-state index contributed by atoms with van der Waals surface area (Å²) in [6, 6.07) is 13.4. The molecule has 0 saturated carbocycles. The van der Waals surface area contributed by atoms with Gasteiger partial charge >= 0.3 is 0 Å². The first-order chi connectivity index (χ1) is 14.1. The van der Waals surface area contributed by atoms with Gasteiger partial charge < -0.3 is 15.8 Å². The van der Waals surface area contributed by atoms with Gasteiger partial charge in [-0.3, -0.25) is 4.79 Å². The standard InChI is InChI=1S/C20H19N5O2S2/c1-2-9-27-15-6-4-3-5-13(15)18-24-25-20(29-18)23-17(26)11-12-7-8-14-16(10-12)28-19(21)22-14/h3-8,10H,2,9,11H2,1H3,(H2,21,22)(H,23,25,26). The second-order valence-electron chi connectivity index (χ2n) is 6.34. The molecule has 0 aliphatic heterocycles. The lowest BCUT2D eigenvalue weighted by Gasteiger charge is -2.07. The third-order valence-corrected chi connectivity index (χ3v) is 5.80. The number of nitrogen functional groups attached to an aromatic ring is 1. The van der Waals surface area contributed by atoms with Crippen molar-refractivity contribution in [3.8, 4) is 16.3 Å². The molecule has 0 aliphatic rings. The predicted molar refractivity (Wildman–Crippen MR) is 117 cm³/mol. The van der Waals surface area contributed by atoms with Crippen LogP contribution in [-0.4, -0.2) is 27.7 Å². The van der Waals surface area contributed by atoms with Crippen LogP contribution in [0.15, 0.2) is 42.5 Å². The Morgan fingerprint density at radius 1 is 1.17 bits per heavy atom. The van der Waals surface area contributed by atoms with Gasteiger partial charge in [-0.2, -0.15) is 0 Å². The summed E-state index contributed by atoms with van der Waals surface area (Å²) in [5, 5.41) is 12.8. The number of thiazole rings is 1. The van der Waals surface area contributed by atoms with Crippen LogP contribution in [-0.2, 0) is 11.2 Å². The van der Waals surface area contributed by atoms with Crippen molar-refractivity contribution in [2.75, 3.05) is 17.7 Å². The fourth-order valence-corrected chi connectivity index (χ4v) is 4.40. The fourth-order valence-electron chi connectivity index (χ4n) is 2.81. The van der Waals surface area contributed by atoms with E-state index in [-0.39, 0.29) is 12.3 Å². The Balaban J connectivity index is 1.45. The van der Waals surface area contributed by atoms with Crippen LogP contribution in [0, 0.1) is 0 Å². The highest BCUT2D eigenvalue weighted by Crippen LogP contribution is 2.33. The third kappa shape index (κ3) is 4.52. The summed E-state index contributed by atoms with van der Waals surface area (Å²) in [5.74, 6) is 0.612. The normalized spacial score (nSPS) is 10.9. The summed E-state index contributed by atoms with van der Waals surface area (Å²) in [7, 11) is 0. The Labute approximate surface area is 175 Å². The lowest BCUT2D eigenvalue weighted by molar-refractivity contribution is -0.115. The monoisotopic (exact) mass is 425 g/mol. The first kappa shape index (κ1) is 19.3. The molecule has 2 aromatic carbocycles. The highest BCUT2D eigenvalue weighted by Gasteiger charge is 2.14. The zero-order chi connectivity index (χ0) is 20.2. The lowest BCUT2D eigenvalue weighted by atomic mass is 10.1. The SMILES string of the molecule is CCCOc1ccccc1-c1nnc(NC(=O)Cc2ccc3nc(N)sc3c2)s1. The molecule has 0 fully saturated rings. The molecule has 1 amide bonds. The van der Waals surface area contributed by atoms with Crippen LogP contribution in [0.4, 0.5) is 10.3 Å². The molecule has 2 heterocycles. The summed E-state index contributed by atoms with van der Waals surface area (Å²) in [4.78, 5) is 16.7. The zero-order valence-electron chi connectivity index (χ0n) is 15.7. The minimum absolute atomic E-state index is 0.153. The maximum atomic E-state index is 12.4. The number of hydrogen-bond donors (Lipinski definition) is 2. The molecule has 0 spiro atoms. The molecule has 0 aliphatic carbocycles. The molecule has 4 aromatic rings. The Bertz CT molecular complexity index is 1150. The van der Waals surface area contributed by atoms with Crippen molar-refractivity contribution in [3.05, 3.63) is 48.0 Å². The molecule has 148 valence electrons. The maximum Gasteiger partial charge on any atom is 0.230 e. The molecule has 0 atom stereocenters. The molecule has 7 nitrogen and oxygen atoms in total. The van der Waals surface area contributed by atoms with E-state index in [0.717, 1.165) is 33.5 Å². The molecule has 0 radical (unpaired) electrons. The number of para-hydroxylation sites is 1. The van der Waals surface area contributed by atoms with Crippen LogP contribution >= 0.6 is 22.7 Å². The van der Waals surface area contributed by atoms with Crippen LogP contribution in [0.1, 0.15) is 18.9 Å². The number of nitrogens with two attached hydrogens (primary N) is 1. The Morgan fingerprint density at radius 2 is 2.03 bits per heavy atom. The molecule has 29 heavy (non-hydrogen) atoms. The van der Waals surface area contributed by atoms with E-state index in [1.807, 2.05) is 42.5 Å². The Morgan fingerprint density at radius 3 is 2.90 bits per heavy atom. The number of nitrogens with one attached hydrogen (secondary N) is 1. The van der Waals surface area contributed by atoms with Crippen molar-refractivity contribution in [3.63, 3.8) is 0 Å². The van der Waals surface area contributed by atoms with Crippen molar-refractivity contribution in [1.82, 2.24) is 15.2 Å². The van der Waals surface area contributed by atoms with Crippen molar-refractivity contribution >= 4 is 49.1 Å². The Kier molecular flexibility index (Phi) is 5.68. The maximum absolute atomic E-state index is 12.4. The molecule has 2 aromatic heterocycles. The minimum atomic E-state index is -0.153. The summed E-state index contributed by atoms with van der Waals surface area (Å²) in [6.07, 6.45) is 1.16. The van der Waals surface area contributed by atoms with E-state index < -0.39 is 0 Å². The number of carbonyl (C=O) groups is 1. The van der Waals surface area contributed by atoms with E-state index in [2.05, 4.69) is 27.4 Å². The van der Waals surface area contributed by atoms with Crippen LogP contribution in [0.2, 0.25) is 0 Å². The third-order valence-electron chi connectivity index (χ3n) is 4.08. The zero-order valence-corrected chi connectivity index (χ0v) is 17.3. The van der Waals surface area contributed by atoms with E-state index in [1.54, 1.807) is 0 Å². The molecule has 4 rings (SSSR count). The fraction of sp³-hybridized carbons (Fsp3) is 0.200. The molecule has 0 bridgehead atoms. The van der Waals surface area contributed by atoms with Gasteiger partial charge in [0.15, 0.2) is 10.1 Å². The molecular formula is C20H19N5O2S2. The van der Waals surface area contributed by atoms with E-state index in [9.17, 15) is 4.79 Å². The van der Waals surface area contributed by atoms with Crippen molar-refractivity contribution in [2.24, 2.45) is 0 Å². The van der Waals surface area contributed by atoms with E-state index in [0.29, 0.717) is 21.9 Å². The summed E-state index contributed by atoms with van der Waals surface area (Å²) in [5.41, 5.74) is 8.34. The second kappa shape index (κ2) is 8.54. The van der Waals surface area contributed by atoms with Crippen molar-refractivity contribution < 1.29 is 9.53 Å². The number of anilines is 2. The first-order valence-corrected chi connectivity index (χ1v) is 10.8. The van der Waals surface area contributed by atoms with Gasteiger partial charge in [0.25, 0.3) is 0 Å². The van der Waals surface area contributed by atoms with Gasteiger partial charge in [0.05, 0.1) is 28.8 Å². The molecule has 0 saturated heterocycles. The number of ether oxygens (including phenoxy) is 1. The summed E-state index contributed by atoms with van der Waals surface area (Å²) >= 11 is 2.73. The van der Waals surface area contributed by atoms with Crippen molar-refractivity contribution in [1.29, 1.82) is 0 Å². The van der Waals surface area contributed by atoms with Crippen LogP contribution in [0.5, 0.6) is 5.75 Å². The number of hydrogen-bond acceptors (Lipinski definition) is 8. The summed E-state index contributed by atoms with van der Waals surface area (Å²) in [6.45, 7) is 2.69. The number of carbonyl (C=O) groups excluding carboxylic acids is 1. The topological polar surface area (TPSA) is 103 Å². The minimum Gasteiger partial charge on any atom is -0.493 e. The number of nitrogens with zero attached hydrogens (tertiary/aromatic N) is 3. The van der Waals surface area contributed by atoms with Gasteiger partial charge in [-0.1, -0.05) is 47.8 Å². The van der Waals surface area contributed by atoms with E-state index in [4.69, 9.17) is 10.5 Å². The second-order valence-corrected chi connectivity index (χ2v) is 8.38. The number of amides is 1.